The van der Waals surface area contributed by atoms with Crippen LogP contribution in [0.3, 0.4) is 0 Å². The maximum atomic E-state index is 11.3. The highest BCUT2D eigenvalue weighted by atomic mass is 32.2. The second-order valence-electron chi connectivity index (χ2n) is 6.62. The topological polar surface area (TPSA) is 290 Å². The Balaban J connectivity index is 0.000000258. The van der Waals surface area contributed by atoms with Crippen LogP contribution >= 0.6 is 0 Å². The molecule has 0 aliphatic heterocycles. The van der Waals surface area contributed by atoms with E-state index < -0.39 is 71.5 Å². The number of hydrogen-bond acceptors (Lipinski definition) is 11. The molecule has 0 aliphatic rings. The summed E-state index contributed by atoms with van der Waals surface area (Å²) in [5.41, 5.74) is 10.3. The molecule has 19 heteroatoms. The Labute approximate surface area is 198 Å². The van der Waals surface area contributed by atoms with Crippen molar-refractivity contribution in [2.45, 2.75) is 19.6 Å². The first-order valence-electron chi connectivity index (χ1n) is 8.48. The molecule has 0 saturated carbocycles. The van der Waals surface area contributed by atoms with E-state index in [1.54, 1.807) is 0 Å². The van der Waals surface area contributed by atoms with E-state index in [1.807, 2.05) is 0 Å². The smallest absolute Gasteiger partial charge is 0.296 e. The Hall–Kier alpha value is -3.04. The molecule has 192 valence electrons. The van der Waals surface area contributed by atoms with Gasteiger partial charge in [0, 0.05) is 22.5 Å². The number of hydrogen-bond donors (Lipinski definition) is 7. The van der Waals surface area contributed by atoms with Gasteiger partial charge in [-0.2, -0.15) is 33.7 Å². The molecule has 0 saturated heterocycles. The fraction of sp³-hybridized carbons (Fsp3) is 0. The maximum Gasteiger partial charge on any atom is 0.296 e. The summed E-state index contributed by atoms with van der Waals surface area (Å²) in [5, 5.41) is 9.29. The molecule has 0 radical (unpaired) electrons. The van der Waals surface area contributed by atoms with E-state index in [-0.39, 0.29) is 16.5 Å². The largest absolute Gasteiger partial charge is 0.507 e. The third kappa shape index (κ3) is 6.55. The lowest BCUT2D eigenvalue weighted by Gasteiger charge is -2.10. The van der Waals surface area contributed by atoms with Crippen molar-refractivity contribution >= 4 is 62.6 Å². The molecular formula is C16H16N2O13S4. The first-order valence-corrected chi connectivity index (χ1v) is 14.2. The van der Waals surface area contributed by atoms with Crippen LogP contribution < -0.4 is 11.5 Å². The average Bonchev–Trinajstić information content (AvgIpc) is 2.64. The predicted molar refractivity (Wildman–Crippen MR) is 120 cm³/mol. The summed E-state index contributed by atoms with van der Waals surface area (Å²) in [4.78, 5) is -2.53. The summed E-state index contributed by atoms with van der Waals surface area (Å²) in [6.45, 7) is 0. The molecule has 0 aromatic heterocycles. The van der Waals surface area contributed by atoms with E-state index in [0.717, 1.165) is 42.5 Å². The Morgan fingerprint density at radius 2 is 1.03 bits per heavy atom. The lowest BCUT2D eigenvalue weighted by Crippen LogP contribution is -2.05. The average molecular weight is 573 g/mol. The minimum absolute atomic E-state index is 0.0215. The molecule has 15 nitrogen and oxygen atoms in total. The number of nitrogen functional groups attached to an aromatic ring is 2. The van der Waals surface area contributed by atoms with Crippen LogP contribution in [0.1, 0.15) is 0 Å². The van der Waals surface area contributed by atoms with Gasteiger partial charge in [0.25, 0.3) is 40.5 Å². The predicted octanol–water partition coefficient (Wildman–Crippen LogP) is 0.383. The zero-order valence-corrected chi connectivity index (χ0v) is 20.1. The molecular weight excluding hydrogens is 556 g/mol. The number of phenols is 1. The zero-order valence-electron chi connectivity index (χ0n) is 16.8. The van der Waals surface area contributed by atoms with Crippen LogP contribution in [0.5, 0.6) is 5.75 Å². The summed E-state index contributed by atoms with van der Waals surface area (Å²) in [5.74, 6) is -0.641. The van der Waals surface area contributed by atoms with Crippen LogP contribution in [0, 0.1) is 0 Å². The van der Waals surface area contributed by atoms with Gasteiger partial charge in [0.05, 0.1) is 15.5 Å². The Morgan fingerprint density at radius 3 is 1.46 bits per heavy atom. The van der Waals surface area contributed by atoms with Crippen LogP contribution in [0.25, 0.3) is 10.8 Å². The van der Waals surface area contributed by atoms with Crippen molar-refractivity contribution in [1.29, 1.82) is 0 Å². The molecule has 3 aromatic carbocycles. The van der Waals surface area contributed by atoms with Gasteiger partial charge in [-0.15, -0.1) is 0 Å². The first-order chi connectivity index (χ1) is 15.6. The van der Waals surface area contributed by atoms with E-state index in [9.17, 15) is 38.8 Å². The second kappa shape index (κ2) is 9.20. The van der Waals surface area contributed by atoms with Gasteiger partial charge in [-0.05, 0) is 36.4 Å². The second-order valence-corrected chi connectivity index (χ2v) is 12.2. The summed E-state index contributed by atoms with van der Waals surface area (Å²) < 4.78 is 123. The minimum Gasteiger partial charge on any atom is -0.507 e. The number of aromatic hydroxyl groups is 1. The summed E-state index contributed by atoms with van der Waals surface area (Å²) in [6, 6.07) is 5.95. The molecule has 0 fully saturated rings. The lowest BCUT2D eigenvalue weighted by molar-refractivity contribution is 0.470. The van der Waals surface area contributed by atoms with Gasteiger partial charge in [-0.25, -0.2) is 0 Å². The fourth-order valence-electron chi connectivity index (χ4n) is 2.73. The molecule has 0 bridgehead atoms. The Bertz CT molecular complexity index is 1760. The van der Waals surface area contributed by atoms with Crippen LogP contribution in [0.15, 0.2) is 62.0 Å². The van der Waals surface area contributed by atoms with Gasteiger partial charge in [-0.1, -0.05) is 0 Å². The van der Waals surface area contributed by atoms with Crippen molar-refractivity contribution in [3.8, 4) is 5.75 Å². The SMILES string of the molecule is Nc1cc(S(=O)(=O)O)ccc1S(=O)(=O)O.Nc1ccc(S(=O)(=O)O)c2cc(S(=O)(=O)O)cc(O)c12. The molecule has 0 aliphatic carbocycles. The van der Waals surface area contributed by atoms with Crippen molar-refractivity contribution in [3.63, 3.8) is 0 Å². The summed E-state index contributed by atoms with van der Waals surface area (Å²) in [7, 11) is -18.3. The summed E-state index contributed by atoms with van der Waals surface area (Å²) >= 11 is 0. The molecule has 0 spiro atoms. The van der Waals surface area contributed by atoms with Crippen LogP contribution in [0.2, 0.25) is 0 Å². The summed E-state index contributed by atoms with van der Waals surface area (Å²) in [6.07, 6.45) is 0. The highest BCUT2D eigenvalue weighted by molar-refractivity contribution is 7.87. The van der Waals surface area contributed by atoms with Crippen molar-refractivity contribution in [1.82, 2.24) is 0 Å². The third-order valence-corrected chi connectivity index (χ3v) is 7.71. The van der Waals surface area contributed by atoms with Crippen molar-refractivity contribution < 1.29 is 57.0 Å². The fourth-order valence-corrected chi connectivity index (χ4v) is 5.05. The van der Waals surface area contributed by atoms with Gasteiger partial charge in [-0.3, -0.25) is 18.2 Å². The Kier molecular flexibility index (Phi) is 7.41. The standard InChI is InChI=1S/C10H9NO7S2.C6H7NO6S2/c11-7-1-2-9(20(16,17)18)6-3-5(19(13,14)15)4-8(12)10(6)7;7-5-3-4(14(8,9)10)1-2-6(5)15(11,12)13/h1-4,12H,11H2,(H,13,14,15)(H,16,17,18);1-3H,7H2,(H,8,9,10)(H,11,12,13). The van der Waals surface area contributed by atoms with E-state index >= 15 is 0 Å². The Morgan fingerprint density at radius 1 is 0.543 bits per heavy atom. The van der Waals surface area contributed by atoms with Crippen LogP contribution in [-0.2, 0) is 40.5 Å². The number of rotatable bonds is 4. The minimum atomic E-state index is -4.67. The van der Waals surface area contributed by atoms with E-state index in [1.165, 1.54) is 0 Å². The molecule has 0 heterocycles. The van der Waals surface area contributed by atoms with Gasteiger partial charge < -0.3 is 16.6 Å². The molecule has 0 atom stereocenters. The van der Waals surface area contributed by atoms with E-state index in [0.29, 0.717) is 0 Å². The van der Waals surface area contributed by atoms with Crippen molar-refractivity contribution in [2.24, 2.45) is 0 Å². The highest BCUT2D eigenvalue weighted by Crippen LogP contribution is 2.36. The van der Waals surface area contributed by atoms with Gasteiger partial charge in [0.15, 0.2) is 0 Å². The van der Waals surface area contributed by atoms with Crippen molar-refractivity contribution in [3.05, 3.63) is 42.5 Å². The molecule has 0 amide bonds. The van der Waals surface area contributed by atoms with Crippen LogP contribution in [-0.4, -0.2) is 57.0 Å². The quantitative estimate of drug-likeness (QED) is 0.164. The van der Waals surface area contributed by atoms with E-state index in [4.69, 9.17) is 29.7 Å². The number of anilines is 2. The van der Waals surface area contributed by atoms with Gasteiger partial charge >= 0.3 is 0 Å². The normalized spacial score (nSPS) is 12.7. The number of phenolic OH excluding ortho intramolecular Hbond substituents is 1. The van der Waals surface area contributed by atoms with Crippen molar-refractivity contribution in [2.75, 3.05) is 11.5 Å². The first kappa shape index (κ1) is 28.2. The number of benzene rings is 3. The highest BCUT2D eigenvalue weighted by Gasteiger charge is 2.21. The molecule has 0 unspecified atom stereocenters. The monoisotopic (exact) mass is 572 g/mol. The molecule has 35 heavy (non-hydrogen) atoms. The molecule has 9 N–H and O–H groups in total. The van der Waals surface area contributed by atoms with Gasteiger partial charge in [0.2, 0.25) is 0 Å². The lowest BCUT2D eigenvalue weighted by atomic mass is 10.1. The van der Waals surface area contributed by atoms with E-state index in [2.05, 4.69) is 0 Å². The number of fused-ring (bicyclic) bond motifs is 1. The van der Waals surface area contributed by atoms with Gasteiger partial charge in [0.1, 0.15) is 15.5 Å². The zero-order chi connectivity index (χ0) is 27.1. The van der Waals surface area contributed by atoms with Crippen LogP contribution in [0.4, 0.5) is 11.4 Å². The number of nitrogens with two attached hydrogens (primary N) is 2. The molecule has 3 aromatic rings. The molecule has 3 rings (SSSR count). The maximum absolute atomic E-state index is 11.3. The third-order valence-electron chi connectivity index (χ3n) is 4.19.